The molecular formula is C51H61N3O7. The van der Waals surface area contributed by atoms with Gasteiger partial charge in [0.25, 0.3) is 0 Å². The van der Waals surface area contributed by atoms with Crippen LogP contribution in [0.3, 0.4) is 0 Å². The Morgan fingerprint density at radius 1 is 1.00 bits per heavy atom. The second kappa shape index (κ2) is 12.6. The average Bonchev–Trinajstić information content (AvgIpc) is 3.65. The number of fused-ring (bicyclic) bond motifs is 2. The average molecular weight is 828 g/mol. The van der Waals surface area contributed by atoms with E-state index in [4.69, 9.17) is 11.5 Å². The summed E-state index contributed by atoms with van der Waals surface area (Å²) < 4.78 is 0. The number of guanidine groups is 1. The Balaban J connectivity index is 1.33. The summed E-state index contributed by atoms with van der Waals surface area (Å²) in [5.41, 5.74) is 8.53. The predicted octanol–water partition coefficient (Wildman–Crippen LogP) is 6.38. The van der Waals surface area contributed by atoms with Gasteiger partial charge in [0.1, 0.15) is 22.6 Å². The van der Waals surface area contributed by atoms with Crippen LogP contribution in [0.1, 0.15) is 98.5 Å². The van der Waals surface area contributed by atoms with E-state index in [1.807, 2.05) is 62.4 Å². The number of hydrogen-bond acceptors (Lipinski definition) is 7. The number of aliphatic carboxylic acids is 1. The van der Waals surface area contributed by atoms with E-state index < -0.39 is 79.9 Å². The molecule has 9 aliphatic rings. The minimum atomic E-state index is -1.80. The minimum Gasteiger partial charge on any atom is -0.478 e. The minimum absolute atomic E-state index is 0.00653. The zero-order valence-corrected chi connectivity index (χ0v) is 36.3. The van der Waals surface area contributed by atoms with Crippen LogP contribution in [-0.4, -0.2) is 67.3 Å². The Hall–Kier alpha value is -4.38. The molecule has 10 rings (SSSR count). The first kappa shape index (κ1) is 40.7. The second-order valence-corrected chi connectivity index (χ2v) is 21.5. The van der Waals surface area contributed by atoms with Gasteiger partial charge in [0.15, 0.2) is 11.7 Å². The Bertz CT molecular complexity index is 2430. The van der Waals surface area contributed by atoms with Gasteiger partial charge in [0, 0.05) is 64.0 Å². The van der Waals surface area contributed by atoms with E-state index in [0.717, 1.165) is 35.1 Å². The molecule has 4 fully saturated rings. The molecule has 0 radical (unpaired) electrons. The first-order valence-corrected chi connectivity index (χ1v) is 22.5. The second-order valence-electron chi connectivity index (χ2n) is 21.5. The quantitative estimate of drug-likeness (QED) is 0.0816. The monoisotopic (exact) mass is 827 g/mol. The summed E-state index contributed by atoms with van der Waals surface area (Å²) in [5, 5.41) is 52.5. The summed E-state index contributed by atoms with van der Waals surface area (Å²) >= 11 is 0. The standard InChI is InChI=1S/C51H61N3O7/c1-26(43(57)58)23-49(59)31-19-17-28-22-29-24-50(60)33(18-16-27-12-8-7-9-13-27)41-45(2,3)35(55)20-21-46(41,4)39-40(56)32-15-11-10-14-30(34(49)25-54-44(52)53)37-38(36(28)31)51(29,61)48(6,42(39)50)47(32,37)5/h7-9,12-13,16,18-19,23-24,30,32-34,37-38,41,59-61H,10-11,14-15,17,20-22,25H2,1-6H3,(H,57,58)(H4,52,53,54). The van der Waals surface area contributed by atoms with Crippen molar-refractivity contribution in [2.45, 2.75) is 110 Å². The molecule has 1 aromatic carbocycles. The third-order valence-corrected chi connectivity index (χ3v) is 18.9. The van der Waals surface area contributed by atoms with Gasteiger partial charge in [-0.05, 0) is 102 Å². The Morgan fingerprint density at radius 2 is 1.70 bits per heavy atom. The topological polar surface area (TPSA) is 197 Å². The molecule has 9 aliphatic carbocycles. The number of carboxylic acids is 1. The fourth-order valence-corrected chi connectivity index (χ4v) is 16.6. The summed E-state index contributed by atoms with van der Waals surface area (Å²) in [4.78, 5) is 47.6. The molecule has 0 spiro atoms. The number of carbonyl (C=O) groups excluding carboxylic acids is 2. The van der Waals surface area contributed by atoms with Crippen LogP contribution in [0.2, 0.25) is 0 Å². The first-order chi connectivity index (χ1) is 28.6. The van der Waals surface area contributed by atoms with Crippen molar-refractivity contribution < 1.29 is 34.8 Å². The molecule has 0 amide bonds. The molecule has 4 saturated carbocycles. The number of benzene rings is 1. The van der Waals surface area contributed by atoms with E-state index in [-0.39, 0.29) is 35.6 Å². The third-order valence-electron chi connectivity index (χ3n) is 18.9. The number of aliphatic hydroxyl groups is 3. The van der Waals surface area contributed by atoms with E-state index in [1.54, 1.807) is 0 Å². The number of nitrogens with two attached hydrogens (primary N) is 2. The Labute approximate surface area is 358 Å². The SMILES string of the molecule is CC(=CC1(O)C2=CCC3=C2C2C4C(CCCCC5C(=O)C6=C7C(O)(C=C(C3)C2(O)C7(C)C54C)C(C=Cc2ccccc2)C2C(C)(C)C(=O)CCC62C)C1CN=C(N)N)C(=O)O. The van der Waals surface area contributed by atoms with E-state index in [9.17, 15) is 30.0 Å². The lowest BCUT2D eigenvalue weighted by Crippen LogP contribution is -2.72. The molecule has 10 nitrogen and oxygen atoms in total. The summed E-state index contributed by atoms with van der Waals surface area (Å²) in [6, 6.07) is 9.96. The van der Waals surface area contributed by atoms with Crippen molar-refractivity contribution in [3.8, 4) is 0 Å². The third kappa shape index (κ3) is 4.64. The van der Waals surface area contributed by atoms with Crippen LogP contribution in [0, 0.1) is 63.1 Å². The molecule has 13 unspecified atom stereocenters. The van der Waals surface area contributed by atoms with Crippen molar-refractivity contribution in [2.24, 2.45) is 79.5 Å². The number of rotatable bonds is 6. The van der Waals surface area contributed by atoms with Gasteiger partial charge < -0.3 is 31.9 Å². The maximum atomic E-state index is 16.3. The zero-order chi connectivity index (χ0) is 43.6. The maximum absolute atomic E-state index is 16.3. The molecule has 0 aromatic heterocycles. The van der Waals surface area contributed by atoms with Crippen molar-refractivity contribution in [1.82, 2.24) is 0 Å². The number of hydrogen-bond donors (Lipinski definition) is 6. The Kier molecular flexibility index (Phi) is 8.42. The molecule has 61 heavy (non-hydrogen) atoms. The highest BCUT2D eigenvalue weighted by Gasteiger charge is 2.86. The van der Waals surface area contributed by atoms with Crippen molar-refractivity contribution in [3.05, 3.63) is 99.2 Å². The summed E-state index contributed by atoms with van der Waals surface area (Å²) in [6.07, 6.45) is 13.8. The van der Waals surface area contributed by atoms with Crippen LogP contribution in [0.4, 0.5) is 0 Å². The van der Waals surface area contributed by atoms with Gasteiger partial charge in [-0.15, -0.1) is 0 Å². The highest BCUT2D eigenvalue weighted by atomic mass is 16.4. The highest BCUT2D eigenvalue weighted by Crippen LogP contribution is 2.85. The van der Waals surface area contributed by atoms with Crippen LogP contribution in [0.15, 0.2) is 98.6 Å². The molecule has 10 heteroatoms. The van der Waals surface area contributed by atoms with Crippen LogP contribution < -0.4 is 11.5 Å². The highest BCUT2D eigenvalue weighted by molar-refractivity contribution is 6.04. The molecule has 0 saturated heterocycles. The number of aliphatic imine (C=N–C) groups is 1. The zero-order valence-electron chi connectivity index (χ0n) is 36.3. The Morgan fingerprint density at radius 3 is 2.39 bits per heavy atom. The van der Waals surface area contributed by atoms with E-state index in [1.165, 1.54) is 13.0 Å². The largest absolute Gasteiger partial charge is 0.478 e. The van der Waals surface area contributed by atoms with Crippen molar-refractivity contribution in [2.75, 3.05) is 6.54 Å². The molecular weight excluding hydrogens is 767 g/mol. The van der Waals surface area contributed by atoms with E-state index in [0.29, 0.717) is 55.2 Å². The fourth-order valence-electron chi connectivity index (χ4n) is 16.6. The lowest BCUT2D eigenvalue weighted by Gasteiger charge is -2.70. The number of Topliss-reactive ketones (excluding diaryl/α,β-unsaturated/α-hetero) is 2. The van der Waals surface area contributed by atoms with Crippen LogP contribution >= 0.6 is 0 Å². The fraction of sp³-hybridized carbons (Fsp3) is 0.569. The van der Waals surface area contributed by atoms with Crippen LogP contribution in [0.25, 0.3) is 6.08 Å². The van der Waals surface area contributed by atoms with Crippen molar-refractivity contribution in [1.29, 1.82) is 0 Å². The first-order valence-electron chi connectivity index (χ1n) is 22.5. The van der Waals surface area contributed by atoms with Crippen LogP contribution in [-0.2, 0) is 14.4 Å². The van der Waals surface area contributed by atoms with Crippen molar-refractivity contribution in [3.63, 3.8) is 0 Å². The number of carbonyl (C=O) groups is 3. The van der Waals surface area contributed by atoms with Gasteiger partial charge in [0.05, 0.1) is 0 Å². The lowest BCUT2D eigenvalue weighted by atomic mass is 9.33. The van der Waals surface area contributed by atoms with Gasteiger partial charge in [-0.2, -0.15) is 0 Å². The number of nitrogens with zero attached hydrogens (tertiary/aromatic N) is 1. The summed E-state index contributed by atoms with van der Waals surface area (Å²) in [7, 11) is 0. The molecule has 13 atom stereocenters. The number of ketones is 2. The molecule has 0 heterocycles. The summed E-state index contributed by atoms with van der Waals surface area (Å²) in [5.74, 6) is -4.81. The van der Waals surface area contributed by atoms with E-state index >= 15 is 4.79 Å². The number of allylic oxidation sites excluding steroid dienone is 3. The molecule has 0 bridgehead atoms. The molecule has 322 valence electrons. The van der Waals surface area contributed by atoms with Crippen molar-refractivity contribution >= 4 is 29.6 Å². The molecule has 0 aliphatic heterocycles. The lowest BCUT2D eigenvalue weighted by molar-refractivity contribution is -0.174. The van der Waals surface area contributed by atoms with Gasteiger partial charge >= 0.3 is 5.97 Å². The predicted molar refractivity (Wildman–Crippen MR) is 232 cm³/mol. The van der Waals surface area contributed by atoms with E-state index in [2.05, 4.69) is 31.8 Å². The van der Waals surface area contributed by atoms with Gasteiger partial charge in [0.2, 0.25) is 0 Å². The smallest absolute Gasteiger partial charge is 0.331 e. The van der Waals surface area contributed by atoms with Gasteiger partial charge in [-0.25, -0.2) is 4.79 Å². The summed E-state index contributed by atoms with van der Waals surface area (Å²) in [6.45, 7) is 12.0. The maximum Gasteiger partial charge on any atom is 0.331 e. The molecule has 8 N–H and O–H groups in total. The normalized spacial score (nSPS) is 45.1. The van der Waals surface area contributed by atoms with Gasteiger partial charge in [-0.1, -0.05) is 102 Å². The van der Waals surface area contributed by atoms with Crippen LogP contribution in [0.5, 0.6) is 0 Å². The molecule has 1 aromatic rings. The number of carboxylic acid groups (broad SMARTS) is 1. The van der Waals surface area contributed by atoms with Gasteiger partial charge in [-0.3, -0.25) is 14.6 Å².